The van der Waals surface area contributed by atoms with E-state index in [-0.39, 0.29) is 19.4 Å². The summed E-state index contributed by atoms with van der Waals surface area (Å²) in [5, 5.41) is 3.53. The van der Waals surface area contributed by atoms with Crippen LogP contribution in [0.4, 0.5) is 0 Å². The van der Waals surface area contributed by atoms with Crippen LogP contribution in [0, 0.1) is 0 Å². The highest BCUT2D eigenvalue weighted by molar-refractivity contribution is 7.54. The lowest BCUT2D eigenvalue weighted by atomic mass is 10.1. The van der Waals surface area contributed by atoms with Gasteiger partial charge in [0.05, 0.1) is 19.4 Å². The van der Waals surface area contributed by atoms with Crippen molar-refractivity contribution in [2.24, 2.45) is 5.11 Å². The van der Waals surface area contributed by atoms with E-state index in [1.54, 1.807) is 12.1 Å². The molecule has 2 aromatic rings. The van der Waals surface area contributed by atoms with Crippen LogP contribution in [0.2, 0.25) is 0 Å². The monoisotopic (exact) mass is 429 g/mol. The molecule has 0 aliphatic heterocycles. The minimum Gasteiger partial charge on any atom is -0.460 e. The van der Waals surface area contributed by atoms with Crippen LogP contribution >= 0.6 is 7.60 Å². The molecule has 158 valence electrons. The number of hydrogen-bond donors (Lipinski definition) is 0. The Morgan fingerprint density at radius 2 is 1.67 bits per heavy atom. The normalized spacial score (nSPS) is 14.6. The molecule has 0 amide bonds. The van der Waals surface area contributed by atoms with Gasteiger partial charge >= 0.3 is 13.6 Å². The van der Waals surface area contributed by atoms with E-state index < -0.39 is 25.7 Å². The molecule has 8 nitrogen and oxygen atoms in total. The third-order valence-electron chi connectivity index (χ3n) is 4.08. The topological polar surface area (TPSA) is 111 Å². The number of carbonyl (C=O) groups is 1. The molecule has 0 spiro atoms. The van der Waals surface area contributed by atoms with Gasteiger partial charge in [0, 0.05) is 4.91 Å². The molecule has 0 aromatic heterocycles. The number of ether oxygens (including phenoxy) is 1. The number of carbonyl (C=O) groups excluding carboxylic acids is 1. The predicted octanol–water partition coefficient (Wildman–Crippen LogP) is 5.41. The average molecular weight is 429 g/mol. The molecule has 30 heavy (non-hydrogen) atoms. The van der Waals surface area contributed by atoms with E-state index in [2.05, 4.69) is 16.6 Å². The summed E-state index contributed by atoms with van der Waals surface area (Å²) in [6.45, 7) is 4.53. The molecule has 0 aliphatic carbocycles. The summed E-state index contributed by atoms with van der Waals surface area (Å²) in [7, 11) is -3.63. The molecular formula is C21H24N3O5P. The van der Waals surface area contributed by atoms with Gasteiger partial charge in [0.25, 0.3) is 0 Å². The van der Waals surface area contributed by atoms with Crippen molar-refractivity contribution in [2.75, 3.05) is 12.8 Å². The first kappa shape index (κ1) is 23.4. The summed E-state index contributed by atoms with van der Waals surface area (Å²) in [6, 6.07) is 18.2. The van der Waals surface area contributed by atoms with Crippen LogP contribution in [0.3, 0.4) is 0 Å². The summed E-state index contributed by atoms with van der Waals surface area (Å²) in [5.41, 5.74) is 8.77. The van der Waals surface area contributed by atoms with E-state index in [4.69, 9.17) is 19.3 Å². The van der Waals surface area contributed by atoms with Gasteiger partial charge in [-0.25, -0.2) is 0 Å². The Morgan fingerprint density at radius 3 is 2.20 bits per heavy atom. The van der Waals surface area contributed by atoms with Gasteiger partial charge in [0.15, 0.2) is 5.54 Å². The van der Waals surface area contributed by atoms with Crippen LogP contribution in [-0.2, 0) is 36.4 Å². The molecule has 0 heterocycles. The second kappa shape index (κ2) is 11.3. The predicted molar refractivity (Wildman–Crippen MR) is 114 cm³/mol. The zero-order chi connectivity index (χ0) is 21.9. The number of allylic oxidation sites excluding steroid dienone is 1. The molecule has 9 heteroatoms. The van der Waals surface area contributed by atoms with Crippen molar-refractivity contribution in [1.82, 2.24) is 0 Å². The molecule has 0 bridgehead atoms. The van der Waals surface area contributed by atoms with Crippen LogP contribution in [0.25, 0.3) is 10.4 Å². The Kier molecular flexibility index (Phi) is 8.84. The summed E-state index contributed by atoms with van der Waals surface area (Å²) in [6.07, 6.45) is 1.34. The van der Waals surface area contributed by atoms with Gasteiger partial charge in [0.2, 0.25) is 0 Å². The lowest BCUT2D eigenvalue weighted by Gasteiger charge is -2.25. The molecule has 0 saturated carbocycles. The highest BCUT2D eigenvalue weighted by Gasteiger charge is 2.38. The minimum absolute atomic E-state index is 0.00500. The zero-order valence-electron chi connectivity index (χ0n) is 16.7. The van der Waals surface area contributed by atoms with Crippen molar-refractivity contribution in [2.45, 2.75) is 25.7 Å². The van der Waals surface area contributed by atoms with Crippen LogP contribution in [0.5, 0.6) is 0 Å². The van der Waals surface area contributed by atoms with Gasteiger partial charge in [-0.15, -0.1) is 6.58 Å². The second-order valence-electron chi connectivity index (χ2n) is 6.64. The van der Waals surface area contributed by atoms with Crippen molar-refractivity contribution in [3.05, 3.63) is 94.9 Å². The Morgan fingerprint density at radius 1 is 1.10 bits per heavy atom. The SMILES string of the molecule is C=CCP(=O)(OCc1ccccc1)OCC(C)(N=[N+]=[N-])C(=O)OCc1ccccc1. The standard InChI is InChI=1S/C21H24N3O5P/c1-3-14-30(26,28-16-19-12-8-5-9-13-19)29-17-21(2,23-24-22)20(25)27-15-18-10-6-4-7-11-18/h3-13H,1,14-17H2,2H3. The molecule has 2 rings (SSSR count). The van der Waals surface area contributed by atoms with Crippen molar-refractivity contribution >= 4 is 13.6 Å². The quantitative estimate of drug-likeness (QED) is 0.112. The molecule has 0 aliphatic rings. The largest absolute Gasteiger partial charge is 0.460 e. The fourth-order valence-electron chi connectivity index (χ4n) is 2.38. The van der Waals surface area contributed by atoms with E-state index in [1.807, 2.05) is 48.5 Å². The molecule has 2 unspecified atom stereocenters. The summed E-state index contributed by atoms with van der Waals surface area (Å²) in [5.74, 6) is -0.794. The fourth-order valence-corrected chi connectivity index (χ4v) is 3.77. The summed E-state index contributed by atoms with van der Waals surface area (Å²) < 4.78 is 29.3. The zero-order valence-corrected chi connectivity index (χ0v) is 17.6. The summed E-state index contributed by atoms with van der Waals surface area (Å²) in [4.78, 5) is 15.3. The van der Waals surface area contributed by atoms with Gasteiger partial charge in [-0.3, -0.25) is 9.36 Å². The molecule has 0 saturated heterocycles. The van der Waals surface area contributed by atoms with Crippen LogP contribution in [0.1, 0.15) is 18.1 Å². The number of hydrogen-bond acceptors (Lipinski definition) is 6. The third kappa shape index (κ3) is 7.17. The lowest BCUT2D eigenvalue weighted by Crippen LogP contribution is -2.39. The highest BCUT2D eigenvalue weighted by Crippen LogP contribution is 2.49. The number of benzene rings is 2. The van der Waals surface area contributed by atoms with Gasteiger partial charge in [0.1, 0.15) is 6.61 Å². The lowest BCUT2D eigenvalue weighted by molar-refractivity contribution is -0.152. The highest BCUT2D eigenvalue weighted by atomic mass is 31.2. The second-order valence-corrected chi connectivity index (χ2v) is 8.74. The van der Waals surface area contributed by atoms with Crippen LogP contribution < -0.4 is 0 Å². The first-order valence-electron chi connectivity index (χ1n) is 9.21. The molecule has 0 radical (unpaired) electrons. The van der Waals surface area contributed by atoms with E-state index >= 15 is 0 Å². The van der Waals surface area contributed by atoms with Crippen molar-refractivity contribution in [3.8, 4) is 0 Å². The Balaban J connectivity index is 2.04. The maximum absolute atomic E-state index is 13.0. The first-order valence-corrected chi connectivity index (χ1v) is 10.9. The van der Waals surface area contributed by atoms with Gasteiger partial charge in [-0.05, 0) is 23.6 Å². The van der Waals surface area contributed by atoms with E-state index in [0.717, 1.165) is 11.1 Å². The van der Waals surface area contributed by atoms with E-state index in [0.29, 0.717) is 0 Å². The van der Waals surface area contributed by atoms with Crippen molar-refractivity contribution < 1.29 is 23.1 Å². The molecule has 2 atom stereocenters. The molecule has 0 N–H and O–H groups in total. The summed E-state index contributed by atoms with van der Waals surface area (Å²) >= 11 is 0. The number of rotatable bonds is 12. The van der Waals surface area contributed by atoms with Gasteiger partial charge in [-0.1, -0.05) is 71.9 Å². The Bertz CT molecular complexity index is 932. The molecule has 2 aromatic carbocycles. The van der Waals surface area contributed by atoms with Crippen LogP contribution in [0.15, 0.2) is 78.4 Å². The fraction of sp³-hybridized carbons (Fsp3) is 0.286. The van der Waals surface area contributed by atoms with Crippen molar-refractivity contribution in [1.29, 1.82) is 0 Å². The van der Waals surface area contributed by atoms with Crippen molar-refractivity contribution in [3.63, 3.8) is 0 Å². The smallest absolute Gasteiger partial charge is 0.334 e. The average Bonchev–Trinajstić information content (AvgIpc) is 2.77. The first-order chi connectivity index (χ1) is 14.4. The maximum Gasteiger partial charge on any atom is 0.334 e. The number of esters is 1. The van der Waals surface area contributed by atoms with Gasteiger partial charge in [-0.2, -0.15) is 0 Å². The maximum atomic E-state index is 13.0. The minimum atomic E-state index is -3.63. The van der Waals surface area contributed by atoms with E-state index in [1.165, 1.54) is 13.0 Å². The number of azide groups is 1. The third-order valence-corrected chi connectivity index (χ3v) is 5.83. The molecule has 0 fully saturated rings. The van der Waals surface area contributed by atoms with E-state index in [9.17, 15) is 9.36 Å². The number of nitrogens with zero attached hydrogens (tertiary/aromatic N) is 3. The molecular weight excluding hydrogens is 405 g/mol. The Labute approximate surface area is 175 Å². The van der Waals surface area contributed by atoms with Gasteiger partial charge < -0.3 is 13.8 Å². The van der Waals surface area contributed by atoms with Crippen LogP contribution in [-0.4, -0.2) is 24.3 Å². The Hall–Kier alpha value is -2.89.